The van der Waals surface area contributed by atoms with Crippen molar-refractivity contribution in [3.8, 4) is 0 Å². The standard InChI is InChI=1S/C18H19NO3S/c1-13-7-8-16-5-3-4-6-18(16)19(13)23(21,22)17-11-9-15(10-12-17)14(2)20/h3-6,9-13H,7-8H2,1-2H3. The van der Waals surface area contributed by atoms with E-state index in [0.717, 1.165) is 24.1 Å². The number of benzene rings is 2. The zero-order valence-corrected chi connectivity index (χ0v) is 14.0. The zero-order chi connectivity index (χ0) is 16.6. The number of para-hydroxylation sites is 1. The third-order valence-electron chi connectivity index (χ3n) is 4.28. The van der Waals surface area contributed by atoms with Gasteiger partial charge in [0.2, 0.25) is 0 Å². The number of hydrogen-bond donors (Lipinski definition) is 0. The van der Waals surface area contributed by atoms with Crippen molar-refractivity contribution >= 4 is 21.5 Å². The van der Waals surface area contributed by atoms with Crippen molar-refractivity contribution in [2.75, 3.05) is 4.31 Å². The Bertz CT molecular complexity index is 841. The molecule has 23 heavy (non-hydrogen) atoms. The third kappa shape index (κ3) is 2.77. The van der Waals surface area contributed by atoms with Gasteiger partial charge in [0.25, 0.3) is 10.0 Å². The summed E-state index contributed by atoms with van der Waals surface area (Å²) in [6.07, 6.45) is 1.68. The Hall–Kier alpha value is -2.14. The maximum Gasteiger partial charge on any atom is 0.264 e. The molecular weight excluding hydrogens is 310 g/mol. The predicted molar refractivity (Wildman–Crippen MR) is 90.3 cm³/mol. The average molecular weight is 329 g/mol. The molecule has 4 nitrogen and oxygen atoms in total. The summed E-state index contributed by atoms with van der Waals surface area (Å²) in [4.78, 5) is 11.6. The summed E-state index contributed by atoms with van der Waals surface area (Å²) < 4.78 is 27.7. The first-order valence-corrected chi connectivity index (χ1v) is 9.08. The van der Waals surface area contributed by atoms with Crippen LogP contribution in [0.3, 0.4) is 0 Å². The van der Waals surface area contributed by atoms with Crippen molar-refractivity contribution in [2.45, 2.75) is 37.6 Å². The Labute approximate surface area is 136 Å². The number of carbonyl (C=O) groups is 1. The maximum absolute atomic E-state index is 13.1. The van der Waals surface area contributed by atoms with Gasteiger partial charge in [-0.25, -0.2) is 8.42 Å². The van der Waals surface area contributed by atoms with Crippen LogP contribution in [0.5, 0.6) is 0 Å². The largest absolute Gasteiger partial charge is 0.295 e. The summed E-state index contributed by atoms with van der Waals surface area (Å²) in [6, 6.07) is 13.7. The Kier molecular flexibility index (Phi) is 3.98. The fraction of sp³-hybridized carbons (Fsp3) is 0.278. The van der Waals surface area contributed by atoms with Crippen molar-refractivity contribution in [3.05, 3.63) is 59.7 Å². The monoisotopic (exact) mass is 329 g/mol. The van der Waals surface area contributed by atoms with Crippen LogP contribution in [-0.4, -0.2) is 20.2 Å². The number of rotatable bonds is 3. The molecule has 0 N–H and O–H groups in total. The lowest BCUT2D eigenvalue weighted by Gasteiger charge is -2.36. The molecule has 0 aromatic heterocycles. The van der Waals surface area contributed by atoms with E-state index >= 15 is 0 Å². The Morgan fingerprint density at radius 2 is 1.74 bits per heavy atom. The van der Waals surface area contributed by atoms with Gasteiger partial charge in [-0.2, -0.15) is 0 Å². The molecule has 0 saturated heterocycles. The topological polar surface area (TPSA) is 54.5 Å². The molecule has 1 unspecified atom stereocenters. The van der Waals surface area contributed by atoms with Crippen LogP contribution in [0.2, 0.25) is 0 Å². The fourth-order valence-electron chi connectivity index (χ4n) is 3.00. The van der Waals surface area contributed by atoms with Gasteiger partial charge in [-0.05, 0) is 50.5 Å². The lowest BCUT2D eigenvalue weighted by atomic mass is 9.99. The number of aryl methyl sites for hydroxylation is 1. The Morgan fingerprint density at radius 1 is 1.09 bits per heavy atom. The molecule has 0 bridgehead atoms. The number of carbonyl (C=O) groups excluding carboxylic acids is 1. The van der Waals surface area contributed by atoms with Gasteiger partial charge < -0.3 is 0 Å². The van der Waals surface area contributed by atoms with Crippen LogP contribution in [-0.2, 0) is 16.4 Å². The van der Waals surface area contributed by atoms with Gasteiger partial charge in [-0.3, -0.25) is 9.10 Å². The van der Waals surface area contributed by atoms with Crippen molar-refractivity contribution in [3.63, 3.8) is 0 Å². The number of nitrogens with zero attached hydrogens (tertiary/aromatic N) is 1. The van der Waals surface area contributed by atoms with Crippen LogP contribution < -0.4 is 4.31 Å². The van der Waals surface area contributed by atoms with Gasteiger partial charge in [-0.15, -0.1) is 0 Å². The molecule has 0 aliphatic carbocycles. The van der Waals surface area contributed by atoms with Gasteiger partial charge in [0, 0.05) is 11.6 Å². The molecule has 2 aromatic carbocycles. The maximum atomic E-state index is 13.1. The molecule has 120 valence electrons. The van der Waals surface area contributed by atoms with E-state index in [9.17, 15) is 13.2 Å². The molecule has 0 saturated carbocycles. The third-order valence-corrected chi connectivity index (χ3v) is 6.22. The first-order valence-electron chi connectivity index (χ1n) is 7.64. The molecule has 5 heteroatoms. The molecule has 0 amide bonds. The minimum atomic E-state index is -3.65. The second kappa shape index (κ2) is 5.81. The number of anilines is 1. The Balaban J connectivity index is 2.07. The van der Waals surface area contributed by atoms with Crippen LogP contribution in [0.25, 0.3) is 0 Å². The number of ketones is 1. The van der Waals surface area contributed by atoms with Crippen molar-refractivity contribution in [2.24, 2.45) is 0 Å². The highest BCUT2D eigenvalue weighted by Gasteiger charge is 2.33. The number of sulfonamides is 1. The Morgan fingerprint density at radius 3 is 2.39 bits per heavy atom. The van der Waals surface area contributed by atoms with E-state index in [0.29, 0.717) is 5.56 Å². The summed E-state index contributed by atoms with van der Waals surface area (Å²) in [5.74, 6) is -0.0781. The van der Waals surface area contributed by atoms with Crippen molar-refractivity contribution in [1.29, 1.82) is 0 Å². The first kappa shape index (κ1) is 15.7. The highest BCUT2D eigenvalue weighted by molar-refractivity contribution is 7.92. The predicted octanol–water partition coefficient (Wildman–Crippen LogP) is 3.42. The van der Waals surface area contributed by atoms with Crippen molar-refractivity contribution < 1.29 is 13.2 Å². The lowest BCUT2D eigenvalue weighted by Crippen LogP contribution is -2.42. The molecule has 0 radical (unpaired) electrons. The smallest absolute Gasteiger partial charge is 0.264 e. The van der Waals surface area contributed by atoms with E-state index in [4.69, 9.17) is 0 Å². The molecule has 2 aromatic rings. The molecule has 0 fully saturated rings. The molecule has 3 rings (SSSR count). The molecule has 1 aliphatic heterocycles. The summed E-state index contributed by atoms with van der Waals surface area (Å²) in [7, 11) is -3.65. The van der Waals surface area contributed by atoms with E-state index in [2.05, 4.69) is 0 Å². The normalized spacial score (nSPS) is 17.7. The van der Waals surface area contributed by atoms with Gasteiger partial charge >= 0.3 is 0 Å². The summed E-state index contributed by atoms with van der Waals surface area (Å²) in [5.41, 5.74) is 2.31. The van der Waals surface area contributed by atoms with E-state index in [1.54, 1.807) is 12.1 Å². The molecular formula is C18H19NO3S. The highest BCUT2D eigenvalue weighted by Crippen LogP contribution is 2.35. The van der Waals surface area contributed by atoms with Gasteiger partial charge in [-0.1, -0.05) is 30.3 Å². The SMILES string of the molecule is CC(=O)c1ccc(S(=O)(=O)N2c3ccccc3CCC2C)cc1. The molecule has 1 heterocycles. The fourth-order valence-corrected chi connectivity index (χ4v) is 4.72. The van der Waals surface area contributed by atoms with E-state index in [1.807, 2.05) is 31.2 Å². The lowest BCUT2D eigenvalue weighted by molar-refractivity contribution is 0.101. The first-order chi connectivity index (χ1) is 10.9. The number of Topliss-reactive ketones (excluding diaryl/α,β-unsaturated/α-hetero) is 1. The van der Waals surface area contributed by atoms with Crippen LogP contribution in [0, 0.1) is 0 Å². The van der Waals surface area contributed by atoms with E-state index in [-0.39, 0.29) is 16.7 Å². The molecule has 1 atom stereocenters. The van der Waals surface area contributed by atoms with Crippen molar-refractivity contribution in [1.82, 2.24) is 0 Å². The quantitative estimate of drug-likeness (QED) is 0.811. The second-order valence-electron chi connectivity index (χ2n) is 5.90. The van der Waals surface area contributed by atoms with Gasteiger partial charge in [0.05, 0.1) is 10.6 Å². The second-order valence-corrected chi connectivity index (χ2v) is 7.71. The van der Waals surface area contributed by atoms with Crippen LogP contribution in [0.1, 0.15) is 36.2 Å². The van der Waals surface area contributed by atoms with Gasteiger partial charge in [0.1, 0.15) is 0 Å². The highest BCUT2D eigenvalue weighted by atomic mass is 32.2. The minimum Gasteiger partial charge on any atom is -0.295 e. The van der Waals surface area contributed by atoms with E-state index in [1.165, 1.54) is 23.4 Å². The number of hydrogen-bond acceptors (Lipinski definition) is 3. The molecule has 1 aliphatic rings. The van der Waals surface area contributed by atoms with Gasteiger partial charge in [0.15, 0.2) is 5.78 Å². The number of fused-ring (bicyclic) bond motifs is 1. The van der Waals surface area contributed by atoms with Crippen LogP contribution in [0.4, 0.5) is 5.69 Å². The zero-order valence-electron chi connectivity index (χ0n) is 13.2. The van der Waals surface area contributed by atoms with Crippen LogP contribution >= 0.6 is 0 Å². The summed E-state index contributed by atoms with van der Waals surface area (Å²) >= 11 is 0. The molecule has 0 spiro atoms. The minimum absolute atomic E-state index is 0.0781. The summed E-state index contributed by atoms with van der Waals surface area (Å²) in [5, 5.41) is 0. The van der Waals surface area contributed by atoms with E-state index < -0.39 is 10.0 Å². The van der Waals surface area contributed by atoms with Crippen LogP contribution in [0.15, 0.2) is 53.4 Å². The summed E-state index contributed by atoms with van der Waals surface area (Å²) in [6.45, 7) is 3.39. The average Bonchev–Trinajstić information content (AvgIpc) is 2.54.